The standard InChI is InChI=1S/C16H18O3/c1-2-9-16(19)10-8-13(15(17)18)14(11-16)12-6-4-3-5-7-12/h3-7,13-14,19H,8,10-11H2,1H3,(H,17,18)/t13-,14+,16?/m1/s1. The number of aliphatic hydroxyl groups is 1. The van der Waals surface area contributed by atoms with Crippen LogP contribution in [0.15, 0.2) is 30.3 Å². The van der Waals surface area contributed by atoms with E-state index in [1.807, 2.05) is 30.3 Å². The quantitative estimate of drug-likeness (QED) is 0.801. The lowest BCUT2D eigenvalue weighted by Crippen LogP contribution is -2.39. The van der Waals surface area contributed by atoms with Crippen LogP contribution < -0.4 is 0 Å². The van der Waals surface area contributed by atoms with Gasteiger partial charge in [0.25, 0.3) is 0 Å². The van der Waals surface area contributed by atoms with Crippen LogP contribution >= 0.6 is 0 Å². The summed E-state index contributed by atoms with van der Waals surface area (Å²) in [7, 11) is 0. The first kappa shape index (κ1) is 13.6. The maximum Gasteiger partial charge on any atom is 0.307 e. The number of aliphatic carboxylic acids is 1. The second kappa shape index (κ2) is 5.46. The van der Waals surface area contributed by atoms with E-state index in [1.54, 1.807) is 6.92 Å². The molecule has 3 heteroatoms. The van der Waals surface area contributed by atoms with Gasteiger partial charge in [0.15, 0.2) is 0 Å². The molecule has 1 aromatic carbocycles. The molecule has 3 atom stereocenters. The third kappa shape index (κ3) is 2.97. The molecule has 0 bridgehead atoms. The Morgan fingerprint density at radius 3 is 2.63 bits per heavy atom. The van der Waals surface area contributed by atoms with E-state index in [2.05, 4.69) is 11.8 Å². The first-order valence-corrected chi connectivity index (χ1v) is 6.50. The highest BCUT2D eigenvalue weighted by Crippen LogP contribution is 2.42. The second-order valence-corrected chi connectivity index (χ2v) is 5.11. The first-order valence-electron chi connectivity index (χ1n) is 6.50. The molecule has 1 fully saturated rings. The fourth-order valence-electron chi connectivity index (χ4n) is 2.90. The molecule has 0 heterocycles. The molecule has 0 aromatic heterocycles. The molecule has 2 rings (SSSR count). The normalized spacial score (nSPS) is 30.2. The van der Waals surface area contributed by atoms with E-state index in [1.165, 1.54) is 0 Å². The minimum absolute atomic E-state index is 0.182. The van der Waals surface area contributed by atoms with Crippen LogP contribution in [-0.4, -0.2) is 21.8 Å². The Bertz CT molecular complexity index is 512. The number of hydrogen-bond donors (Lipinski definition) is 2. The summed E-state index contributed by atoms with van der Waals surface area (Å²) >= 11 is 0. The molecule has 3 nitrogen and oxygen atoms in total. The molecular formula is C16H18O3. The summed E-state index contributed by atoms with van der Waals surface area (Å²) in [5.74, 6) is 4.16. The van der Waals surface area contributed by atoms with E-state index < -0.39 is 17.5 Å². The molecule has 19 heavy (non-hydrogen) atoms. The predicted octanol–water partition coefficient (Wildman–Crippen LogP) is 2.41. The van der Waals surface area contributed by atoms with E-state index in [0.717, 1.165) is 5.56 Å². The van der Waals surface area contributed by atoms with E-state index >= 15 is 0 Å². The summed E-state index contributed by atoms with van der Waals surface area (Å²) in [6.07, 6.45) is 1.27. The topological polar surface area (TPSA) is 57.5 Å². The van der Waals surface area contributed by atoms with Gasteiger partial charge in [-0.1, -0.05) is 36.3 Å². The van der Waals surface area contributed by atoms with Crippen LogP contribution in [0.25, 0.3) is 0 Å². The highest BCUT2D eigenvalue weighted by Gasteiger charge is 2.42. The van der Waals surface area contributed by atoms with Gasteiger partial charge in [-0.3, -0.25) is 4.79 Å². The van der Waals surface area contributed by atoms with E-state index in [4.69, 9.17) is 0 Å². The summed E-state index contributed by atoms with van der Waals surface area (Å²) in [5, 5.41) is 19.8. The summed E-state index contributed by atoms with van der Waals surface area (Å²) < 4.78 is 0. The molecule has 1 aliphatic carbocycles. The number of rotatable bonds is 2. The van der Waals surface area contributed by atoms with Crippen LogP contribution in [0.3, 0.4) is 0 Å². The number of carbonyl (C=O) groups is 1. The Hall–Kier alpha value is -1.79. The molecular weight excluding hydrogens is 240 g/mol. The maximum atomic E-state index is 11.4. The monoisotopic (exact) mass is 258 g/mol. The van der Waals surface area contributed by atoms with Crippen LogP contribution in [-0.2, 0) is 4.79 Å². The number of carboxylic acids is 1. The van der Waals surface area contributed by atoms with E-state index in [9.17, 15) is 15.0 Å². The average Bonchev–Trinajstić information content (AvgIpc) is 2.39. The Kier molecular flexibility index (Phi) is 3.92. The molecule has 1 aromatic rings. The van der Waals surface area contributed by atoms with Crippen molar-refractivity contribution < 1.29 is 15.0 Å². The van der Waals surface area contributed by atoms with Crippen LogP contribution in [0.5, 0.6) is 0 Å². The zero-order valence-electron chi connectivity index (χ0n) is 11.0. The minimum atomic E-state index is -1.05. The molecule has 0 saturated heterocycles. The highest BCUT2D eigenvalue weighted by atomic mass is 16.4. The average molecular weight is 258 g/mol. The summed E-state index contributed by atoms with van der Waals surface area (Å²) in [5.41, 5.74) is -0.0905. The van der Waals surface area contributed by atoms with Crippen molar-refractivity contribution in [3.63, 3.8) is 0 Å². The second-order valence-electron chi connectivity index (χ2n) is 5.11. The lowest BCUT2D eigenvalue weighted by molar-refractivity contribution is -0.145. The van der Waals surface area contributed by atoms with E-state index in [0.29, 0.717) is 19.3 Å². The van der Waals surface area contributed by atoms with Crippen molar-refractivity contribution in [3.8, 4) is 11.8 Å². The minimum Gasteiger partial charge on any atom is -0.481 e. The van der Waals surface area contributed by atoms with Gasteiger partial charge in [0, 0.05) is 5.92 Å². The smallest absolute Gasteiger partial charge is 0.307 e. The Morgan fingerprint density at radius 1 is 1.37 bits per heavy atom. The fraction of sp³-hybridized carbons (Fsp3) is 0.438. The lowest BCUT2D eigenvalue weighted by Gasteiger charge is -2.37. The van der Waals surface area contributed by atoms with Gasteiger partial charge in [-0.15, -0.1) is 5.92 Å². The van der Waals surface area contributed by atoms with Crippen LogP contribution in [0.2, 0.25) is 0 Å². The number of benzene rings is 1. The molecule has 0 amide bonds. The predicted molar refractivity (Wildman–Crippen MR) is 72.6 cm³/mol. The Labute approximate surface area is 113 Å². The highest BCUT2D eigenvalue weighted by molar-refractivity contribution is 5.71. The molecule has 1 unspecified atom stereocenters. The van der Waals surface area contributed by atoms with Crippen molar-refractivity contribution in [1.29, 1.82) is 0 Å². The summed E-state index contributed by atoms with van der Waals surface area (Å²) in [4.78, 5) is 11.4. The number of carboxylic acid groups (broad SMARTS) is 1. The first-order chi connectivity index (χ1) is 9.06. The fourth-order valence-corrected chi connectivity index (χ4v) is 2.90. The van der Waals surface area contributed by atoms with Gasteiger partial charge in [0.05, 0.1) is 5.92 Å². The van der Waals surface area contributed by atoms with Gasteiger partial charge < -0.3 is 10.2 Å². The molecule has 0 spiro atoms. The van der Waals surface area contributed by atoms with Crippen LogP contribution in [0.1, 0.15) is 37.7 Å². The van der Waals surface area contributed by atoms with Crippen molar-refractivity contribution in [1.82, 2.24) is 0 Å². The van der Waals surface area contributed by atoms with Gasteiger partial charge in [-0.05, 0) is 31.7 Å². The third-order valence-electron chi connectivity index (χ3n) is 3.81. The largest absolute Gasteiger partial charge is 0.481 e. The third-order valence-corrected chi connectivity index (χ3v) is 3.81. The summed E-state index contributed by atoms with van der Waals surface area (Å²) in [6, 6.07) is 9.54. The van der Waals surface area contributed by atoms with Crippen molar-refractivity contribution in [3.05, 3.63) is 35.9 Å². The van der Waals surface area contributed by atoms with Gasteiger partial charge in [-0.25, -0.2) is 0 Å². The van der Waals surface area contributed by atoms with Crippen molar-refractivity contribution >= 4 is 5.97 Å². The van der Waals surface area contributed by atoms with Gasteiger partial charge in [-0.2, -0.15) is 0 Å². The maximum absolute atomic E-state index is 11.4. The molecule has 0 radical (unpaired) electrons. The number of hydrogen-bond acceptors (Lipinski definition) is 2. The molecule has 100 valence electrons. The van der Waals surface area contributed by atoms with Gasteiger partial charge in [0.2, 0.25) is 0 Å². The Balaban J connectivity index is 2.32. The summed E-state index contributed by atoms with van der Waals surface area (Å²) in [6.45, 7) is 1.69. The zero-order chi connectivity index (χ0) is 13.9. The zero-order valence-corrected chi connectivity index (χ0v) is 11.0. The van der Waals surface area contributed by atoms with Crippen molar-refractivity contribution in [2.24, 2.45) is 5.92 Å². The van der Waals surface area contributed by atoms with E-state index in [-0.39, 0.29) is 5.92 Å². The SMILES string of the molecule is CC#CC1(O)CC[C@@H](C(=O)O)[C@H](c2ccccc2)C1. The molecule has 1 aliphatic rings. The lowest BCUT2D eigenvalue weighted by atomic mass is 9.69. The Morgan fingerprint density at radius 2 is 2.05 bits per heavy atom. The van der Waals surface area contributed by atoms with Crippen molar-refractivity contribution in [2.75, 3.05) is 0 Å². The van der Waals surface area contributed by atoms with Gasteiger partial charge >= 0.3 is 5.97 Å². The molecule has 0 aliphatic heterocycles. The van der Waals surface area contributed by atoms with Crippen LogP contribution in [0.4, 0.5) is 0 Å². The van der Waals surface area contributed by atoms with Crippen molar-refractivity contribution in [2.45, 2.75) is 37.7 Å². The van der Waals surface area contributed by atoms with Crippen LogP contribution in [0, 0.1) is 17.8 Å². The molecule has 2 N–H and O–H groups in total. The molecule has 1 saturated carbocycles. The van der Waals surface area contributed by atoms with Gasteiger partial charge in [0.1, 0.15) is 5.60 Å².